The summed E-state index contributed by atoms with van der Waals surface area (Å²) in [6.07, 6.45) is 6.90. The predicted octanol–water partition coefficient (Wildman–Crippen LogP) is 19.2. The summed E-state index contributed by atoms with van der Waals surface area (Å²) in [4.78, 5) is 5.39. The zero-order valence-electron chi connectivity index (χ0n) is 48.2. The molecule has 8 aromatic carbocycles. The zero-order chi connectivity index (χ0) is 54.0. The normalized spacial score (nSPS) is 19.6. The van der Waals surface area contributed by atoms with Crippen LogP contribution < -0.4 is 20.6 Å². The fraction of sp³-hybridized carbons (Fsp3) is 0.342. The first kappa shape index (κ1) is 48.2. The minimum absolute atomic E-state index is 0.00872. The Morgan fingerprint density at radius 1 is 0.410 bits per heavy atom. The predicted molar refractivity (Wildman–Crippen MR) is 331 cm³/mol. The van der Waals surface area contributed by atoms with E-state index in [0.29, 0.717) is 0 Å². The number of benzene rings is 8. The Morgan fingerprint density at radius 3 is 1.69 bits per heavy atom. The lowest BCUT2D eigenvalue weighted by Crippen LogP contribution is -2.61. The third-order valence-corrected chi connectivity index (χ3v) is 20.8. The van der Waals surface area contributed by atoms with Gasteiger partial charge in [-0.2, -0.15) is 0 Å². The summed E-state index contributed by atoms with van der Waals surface area (Å²) in [6.45, 7) is 31.5. The summed E-state index contributed by atoms with van der Waals surface area (Å²) >= 11 is 0. The molecule has 4 nitrogen and oxygen atoms in total. The molecule has 78 heavy (non-hydrogen) atoms. The van der Waals surface area contributed by atoms with Crippen LogP contribution in [0.1, 0.15) is 161 Å². The van der Waals surface area contributed by atoms with Crippen molar-refractivity contribution in [3.05, 3.63) is 172 Å². The molecule has 3 aliphatic carbocycles. The molecular formula is C73H73BN2O2. The largest absolute Gasteiger partial charge is 0.455 e. The number of furan rings is 2. The van der Waals surface area contributed by atoms with E-state index in [2.05, 4.69) is 233 Å². The van der Waals surface area contributed by atoms with Gasteiger partial charge in [0.2, 0.25) is 0 Å². The Bertz CT molecular complexity index is 4250. The van der Waals surface area contributed by atoms with Crippen molar-refractivity contribution in [2.75, 3.05) is 9.71 Å². The summed E-state index contributed by atoms with van der Waals surface area (Å²) in [6, 6.07) is 51.9. The number of aryl methyl sites for hydroxylation is 1. The van der Waals surface area contributed by atoms with Crippen molar-refractivity contribution in [3.63, 3.8) is 0 Å². The van der Waals surface area contributed by atoms with Crippen molar-refractivity contribution in [2.45, 2.75) is 161 Å². The molecule has 15 rings (SSSR count). The standard InChI is InChI=1S/C73H73BN2O2/c1-42-35-52-55(72(10,11)33-31-69(52,4)5)40-58(42)75-59-36-44(43-19-15-14-16-20-43)23-28-57(59)74-64-60(75)39-50-46-21-17-18-22-61(46)77-66(50)63(64)48-26-25-47-49-38-54-56(73(12,13)34-32-71(54,8)9)41-62(49)78-67(47)65(48)76(74)45-24-27-51-53(37-45)70(6,7)30-29-68(51,2)3/h14-28,35-41H,29-34H2,1-13H3. The fourth-order valence-corrected chi connectivity index (χ4v) is 15.6. The molecule has 2 aromatic heterocycles. The van der Waals surface area contributed by atoms with Gasteiger partial charge in [0, 0.05) is 55.4 Å². The summed E-state index contributed by atoms with van der Waals surface area (Å²) in [7, 11) is 0. The van der Waals surface area contributed by atoms with Crippen LogP contribution >= 0.6 is 0 Å². The lowest BCUT2D eigenvalue weighted by Gasteiger charge is -2.47. The molecule has 0 N–H and O–H groups in total. The van der Waals surface area contributed by atoms with Crippen molar-refractivity contribution in [2.24, 2.45) is 0 Å². The van der Waals surface area contributed by atoms with Crippen LogP contribution in [-0.4, -0.2) is 6.85 Å². The van der Waals surface area contributed by atoms with E-state index in [1.54, 1.807) is 0 Å². The van der Waals surface area contributed by atoms with Crippen LogP contribution in [0.5, 0.6) is 0 Å². The van der Waals surface area contributed by atoms with Gasteiger partial charge in [0.25, 0.3) is 0 Å². The molecule has 4 heterocycles. The highest BCUT2D eigenvalue weighted by Gasteiger charge is 2.50. The van der Waals surface area contributed by atoms with Crippen molar-refractivity contribution in [1.29, 1.82) is 0 Å². The van der Waals surface area contributed by atoms with Gasteiger partial charge in [-0.15, -0.1) is 0 Å². The fourth-order valence-electron chi connectivity index (χ4n) is 15.6. The molecule has 0 fully saturated rings. The second kappa shape index (κ2) is 15.6. The Balaban J connectivity index is 1.12. The highest BCUT2D eigenvalue weighted by molar-refractivity contribution is 6.94. The smallest absolute Gasteiger partial charge is 0.333 e. The molecule has 0 bridgehead atoms. The minimum Gasteiger partial charge on any atom is -0.455 e. The van der Waals surface area contributed by atoms with Gasteiger partial charge in [-0.25, -0.2) is 0 Å². The Labute approximate surface area is 461 Å². The SMILES string of the molecule is Cc1cc2c(cc1N1c3cc(-c4ccccc4)ccc3B3c4c1cc1c(oc5ccccc51)c4-c1ccc4c(oc5cc6c(cc54)C(C)(C)CCC6(C)C)c1N3c1ccc3c(c1)C(C)(C)CCC3(C)C)C(C)(C)CCC2(C)C. The molecule has 10 aromatic rings. The van der Waals surface area contributed by atoms with Gasteiger partial charge in [0.05, 0.1) is 5.69 Å². The number of hydrogen-bond donors (Lipinski definition) is 0. The summed E-state index contributed by atoms with van der Waals surface area (Å²) in [5.41, 5.74) is 27.0. The first-order valence-electron chi connectivity index (χ1n) is 29.2. The molecule has 0 amide bonds. The highest BCUT2D eigenvalue weighted by atomic mass is 16.3. The second-order valence-corrected chi connectivity index (χ2v) is 28.5. The van der Waals surface area contributed by atoms with Crippen LogP contribution in [0, 0.1) is 6.92 Å². The Morgan fingerprint density at radius 2 is 1.00 bits per heavy atom. The molecule has 5 heteroatoms. The van der Waals surface area contributed by atoms with Crippen LogP contribution in [0.25, 0.3) is 66.1 Å². The lowest BCUT2D eigenvalue weighted by molar-refractivity contribution is 0.332. The van der Waals surface area contributed by atoms with Crippen LogP contribution in [-0.2, 0) is 32.5 Å². The van der Waals surface area contributed by atoms with E-state index in [1.165, 1.54) is 95.6 Å². The van der Waals surface area contributed by atoms with Crippen molar-refractivity contribution >= 4 is 90.1 Å². The van der Waals surface area contributed by atoms with Gasteiger partial charge in [0.1, 0.15) is 16.7 Å². The molecular weight excluding hydrogens is 948 g/mol. The molecule has 0 atom stereocenters. The number of anilines is 5. The molecule has 0 spiro atoms. The maximum absolute atomic E-state index is 7.62. The average Bonchev–Trinajstić information content (AvgIpc) is 4.15. The van der Waals surface area contributed by atoms with Gasteiger partial charge in [-0.3, -0.25) is 0 Å². The second-order valence-electron chi connectivity index (χ2n) is 28.5. The van der Waals surface area contributed by atoms with Crippen molar-refractivity contribution in [3.8, 4) is 22.3 Å². The molecule has 0 saturated carbocycles. The molecule has 390 valence electrons. The van der Waals surface area contributed by atoms with E-state index < -0.39 is 0 Å². The van der Waals surface area contributed by atoms with E-state index >= 15 is 0 Å². The van der Waals surface area contributed by atoms with E-state index in [-0.39, 0.29) is 39.3 Å². The van der Waals surface area contributed by atoms with E-state index in [0.717, 1.165) is 87.4 Å². The number of para-hydroxylation sites is 1. The minimum atomic E-state index is -0.257. The van der Waals surface area contributed by atoms with Crippen molar-refractivity contribution in [1.82, 2.24) is 0 Å². The average molecular weight is 1020 g/mol. The van der Waals surface area contributed by atoms with E-state index in [9.17, 15) is 0 Å². The molecule has 2 aliphatic heterocycles. The van der Waals surface area contributed by atoms with Gasteiger partial charge >= 0.3 is 6.85 Å². The van der Waals surface area contributed by atoms with Gasteiger partial charge in [-0.05, 0) is 194 Å². The summed E-state index contributed by atoms with van der Waals surface area (Å²) in [5, 5.41) is 4.60. The van der Waals surface area contributed by atoms with E-state index in [1.807, 2.05) is 0 Å². The summed E-state index contributed by atoms with van der Waals surface area (Å²) < 4.78 is 14.9. The zero-order valence-corrected chi connectivity index (χ0v) is 48.2. The van der Waals surface area contributed by atoms with E-state index in [4.69, 9.17) is 8.83 Å². The van der Waals surface area contributed by atoms with Gasteiger partial charge in [0.15, 0.2) is 5.58 Å². The number of fused-ring (bicyclic) bond motifs is 15. The quantitative estimate of drug-likeness (QED) is 0.165. The first-order valence-corrected chi connectivity index (χ1v) is 29.2. The number of hydrogen-bond acceptors (Lipinski definition) is 4. The lowest BCUT2D eigenvalue weighted by atomic mass is 9.43. The van der Waals surface area contributed by atoms with Gasteiger partial charge in [-0.1, -0.05) is 162 Å². The first-order chi connectivity index (χ1) is 37.0. The maximum atomic E-state index is 7.62. The molecule has 5 aliphatic rings. The molecule has 0 saturated heterocycles. The van der Waals surface area contributed by atoms with Crippen LogP contribution in [0.2, 0.25) is 0 Å². The Kier molecular flexibility index (Phi) is 9.66. The topological polar surface area (TPSA) is 32.8 Å². The molecule has 0 unspecified atom stereocenters. The van der Waals surface area contributed by atoms with Crippen LogP contribution in [0.15, 0.2) is 142 Å². The Hall–Kier alpha value is -6.98. The third kappa shape index (κ3) is 6.60. The molecule has 0 radical (unpaired) electrons. The summed E-state index contributed by atoms with van der Waals surface area (Å²) in [5.74, 6) is 0. The maximum Gasteiger partial charge on any atom is 0.333 e. The van der Waals surface area contributed by atoms with Crippen LogP contribution in [0.4, 0.5) is 28.4 Å². The van der Waals surface area contributed by atoms with Gasteiger partial charge < -0.3 is 18.5 Å². The third-order valence-electron chi connectivity index (χ3n) is 20.8. The van der Waals surface area contributed by atoms with Crippen LogP contribution in [0.3, 0.4) is 0 Å². The number of rotatable bonds is 3. The number of nitrogens with zero attached hydrogens (tertiary/aromatic N) is 2. The monoisotopic (exact) mass is 1020 g/mol. The highest BCUT2D eigenvalue weighted by Crippen LogP contribution is 2.58. The van der Waals surface area contributed by atoms with Crippen molar-refractivity contribution < 1.29 is 8.83 Å².